The van der Waals surface area contributed by atoms with E-state index in [-0.39, 0.29) is 5.69 Å². The highest BCUT2D eigenvalue weighted by Gasteiger charge is 2.19. The van der Waals surface area contributed by atoms with E-state index in [1.807, 2.05) is 6.07 Å². The molecule has 3 aromatic rings. The molecule has 0 aromatic carbocycles. The zero-order valence-corrected chi connectivity index (χ0v) is 9.45. The second-order valence-corrected chi connectivity index (χ2v) is 3.77. The van der Waals surface area contributed by atoms with E-state index in [4.69, 9.17) is 5.11 Å². The van der Waals surface area contributed by atoms with Crippen LogP contribution in [0.2, 0.25) is 0 Å². The molecule has 0 fully saturated rings. The Morgan fingerprint density at radius 1 is 1.39 bits per heavy atom. The number of carbonyl (C=O) groups is 1. The average molecular weight is 243 g/mol. The summed E-state index contributed by atoms with van der Waals surface area (Å²) in [5, 5.41) is 12.0. The van der Waals surface area contributed by atoms with Crippen molar-refractivity contribution in [3.8, 4) is 11.5 Å². The summed E-state index contributed by atoms with van der Waals surface area (Å²) in [6.07, 6.45) is 1.64. The van der Waals surface area contributed by atoms with Crippen LogP contribution >= 0.6 is 0 Å². The zero-order chi connectivity index (χ0) is 12.7. The molecular weight excluding hydrogens is 234 g/mol. The van der Waals surface area contributed by atoms with Gasteiger partial charge in [-0.25, -0.2) is 14.3 Å². The van der Waals surface area contributed by atoms with Gasteiger partial charge in [0.05, 0.1) is 5.69 Å². The molecule has 0 aliphatic heterocycles. The first-order valence-corrected chi connectivity index (χ1v) is 5.26. The molecule has 7 heteroatoms. The Balaban J connectivity index is 2.21. The van der Waals surface area contributed by atoms with Crippen LogP contribution < -0.4 is 0 Å². The maximum atomic E-state index is 11.1. The summed E-state index contributed by atoms with van der Waals surface area (Å²) in [5.74, 6) is -0.234. The Hall–Kier alpha value is -2.70. The van der Waals surface area contributed by atoms with Crippen LogP contribution in [0.5, 0.6) is 0 Å². The summed E-state index contributed by atoms with van der Waals surface area (Å²) in [5.41, 5.74) is 1.14. The number of aryl methyl sites for hydroxylation is 1. The molecule has 0 unspecified atom stereocenters. The molecule has 0 aliphatic carbocycles. The number of aromatic carboxylic acids is 1. The van der Waals surface area contributed by atoms with Crippen molar-refractivity contribution in [1.29, 1.82) is 0 Å². The molecule has 3 heterocycles. The highest BCUT2D eigenvalue weighted by Crippen LogP contribution is 2.15. The van der Waals surface area contributed by atoms with Gasteiger partial charge in [0.2, 0.25) is 0 Å². The number of hydrogen-bond acceptors (Lipinski definition) is 4. The minimum atomic E-state index is -1.05. The predicted octanol–water partition coefficient (Wildman–Crippen LogP) is 1.13. The molecule has 18 heavy (non-hydrogen) atoms. The van der Waals surface area contributed by atoms with Crippen molar-refractivity contribution in [2.45, 2.75) is 6.92 Å². The molecule has 0 amide bonds. The highest BCUT2D eigenvalue weighted by atomic mass is 16.4. The summed E-state index contributed by atoms with van der Waals surface area (Å²) in [6.45, 7) is 1.63. The number of rotatable bonds is 2. The number of pyridine rings is 1. The zero-order valence-electron chi connectivity index (χ0n) is 9.45. The molecule has 3 aromatic heterocycles. The van der Waals surface area contributed by atoms with Gasteiger partial charge in [0.1, 0.15) is 5.69 Å². The van der Waals surface area contributed by atoms with Crippen LogP contribution in [0.3, 0.4) is 0 Å². The first-order chi connectivity index (χ1) is 8.66. The van der Waals surface area contributed by atoms with Crippen molar-refractivity contribution < 1.29 is 9.90 Å². The predicted molar refractivity (Wildman–Crippen MR) is 62.3 cm³/mol. The third kappa shape index (κ3) is 1.45. The first kappa shape index (κ1) is 10.5. The van der Waals surface area contributed by atoms with E-state index in [0.29, 0.717) is 23.0 Å². The monoisotopic (exact) mass is 243 g/mol. The largest absolute Gasteiger partial charge is 0.476 e. The van der Waals surface area contributed by atoms with E-state index in [1.54, 1.807) is 25.3 Å². The third-order valence-corrected chi connectivity index (χ3v) is 2.57. The van der Waals surface area contributed by atoms with Crippen LogP contribution in [-0.4, -0.2) is 35.6 Å². The first-order valence-electron chi connectivity index (χ1n) is 5.26. The molecular formula is C11H9N5O2. The van der Waals surface area contributed by atoms with Gasteiger partial charge in [0.25, 0.3) is 5.78 Å². The lowest BCUT2D eigenvalue weighted by atomic mass is 10.3. The maximum absolute atomic E-state index is 11.1. The molecule has 0 saturated carbocycles. The topological polar surface area (TPSA) is 96.2 Å². The van der Waals surface area contributed by atoms with Gasteiger partial charge in [-0.1, -0.05) is 6.07 Å². The molecule has 0 radical (unpaired) electrons. The van der Waals surface area contributed by atoms with Crippen LogP contribution in [-0.2, 0) is 0 Å². The minimum Gasteiger partial charge on any atom is -0.476 e. The van der Waals surface area contributed by atoms with Crippen LogP contribution in [0.1, 0.15) is 16.2 Å². The number of fused-ring (bicyclic) bond motifs is 1. The minimum absolute atomic E-state index is 0.0830. The van der Waals surface area contributed by atoms with Gasteiger partial charge >= 0.3 is 5.97 Å². The summed E-state index contributed by atoms with van der Waals surface area (Å²) in [4.78, 5) is 23.6. The van der Waals surface area contributed by atoms with E-state index in [9.17, 15) is 4.79 Å². The van der Waals surface area contributed by atoms with Gasteiger partial charge in [-0.3, -0.25) is 10.1 Å². The fourth-order valence-electron chi connectivity index (χ4n) is 1.79. The fourth-order valence-corrected chi connectivity index (χ4v) is 1.79. The molecule has 0 atom stereocenters. The second kappa shape index (κ2) is 3.66. The Kier molecular flexibility index (Phi) is 2.12. The standard InChI is InChI=1S/C11H9N5O2/c1-6-8(10(17)18)16-11(13-6)14-9(15-16)7-4-2-3-5-12-7/h2-5H,1H3,(H,17,18)(H,13,14,15). The van der Waals surface area contributed by atoms with E-state index >= 15 is 0 Å². The Morgan fingerprint density at radius 3 is 2.89 bits per heavy atom. The van der Waals surface area contributed by atoms with Gasteiger partial charge in [0, 0.05) is 6.20 Å². The molecule has 0 spiro atoms. The van der Waals surface area contributed by atoms with Crippen molar-refractivity contribution >= 4 is 11.7 Å². The lowest BCUT2D eigenvalue weighted by Crippen LogP contribution is -2.04. The van der Waals surface area contributed by atoms with Crippen LogP contribution in [0.15, 0.2) is 24.4 Å². The third-order valence-electron chi connectivity index (χ3n) is 2.57. The number of H-pyrrole nitrogens is 1. The smallest absolute Gasteiger partial charge is 0.356 e. The second-order valence-electron chi connectivity index (χ2n) is 3.77. The number of imidazole rings is 1. The van der Waals surface area contributed by atoms with Gasteiger partial charge in [-0.2, -0.15) is 4.98 Å². The Morgan fingerprint density at radius 2 is 2.22 bits per heavy atom. The van der Waals surface area contributed by atoms with Crippen molar-refractivity contribution in [2.24, 2.45) is 0 Å². The normalized spacial score (nSPS) is 10.9. The number of aromatic amines is 1. The summed E-state index contributed by atoms with van der Waals surface area (Å²) in [6, 6.07) is 5.41. The highest BCUT2D eigenvalue weighted by molar-refractivity contribution is 5.88. The summed E-state index contributed by atoms with van der Waals surface area (Å²) in [7, 11) is 0. The molecule has 2 N–H and O–H groups in total. The van der Waals surface area contributed by atoms with Crippen molar-refractivity contribution in [1.82, 2.24) is 24.6 Å². The number of carboxylic acid groups (broad SMARTS) is 1. The van der Waals surface area contributed by atoms with Gasteiger partial charge in [0.15, 0.2) is 11.5 Å². The summed E-state index contributed by atoms with van der Waals surface area (Å²) < 4.78 is 1.35. The maximum Gasteiger partial charge on any atom is 0.356 e. The average Bonchev–Trinajstić information content (AvgIpc) is 2.85. The number of nitrogens with zero attached hydrogens (tertiary/aromatic N) is 4. The lowest BCUT2D eigenvalue weighted by molar-refractivity contribution is 0.0687. The van der Waals surface area contributed by atoms with Crippen LogP contribution in [0.25, 0.3) is 17.3 Å². The van der Waals surface area contributed by atoms with Crippen molar-refractivity contribution in [3.63, 3.8) is 0 Å². The summed E-state index contributed by atoms with van der Waals surface area (Å²) >= 11 is 0. The molecule has 3 rings (SSSR count). The molecule has 90 valence electrons. The number of hydrogen-bond donors (Lipinski definition) is 2. The van der Waals surface area contributed by atoms with Crippen molar-refractivity contribution in [3.05, 3.63) is 35.8 Å². The van der Waals surface area contributed by atoms with Gasteiger partial charge in [-0.15, -0.1) is 0 Å². The number of nitrogens with one attached hydrogen (secondary N) is 1. The quantitative estimate of drug-likeness (QED) is 0.703. The SMILES string of the molecule is Cc1nc2nc(-c3ccccn3)[nH]n2c1C(=O)O. The lowest BCUT2D eigenvalue weighted by Gasteiger charge is -1.95. The Bertz CT molecular complexity index is 729. The van der Waals surface area contributed by atoms with Gasteiger partial charge < -0.3 is 5.11 Å². The molecule has 0 bridgehead atoms. The van der Waals surface area contributed by atoms with Crippen LogP contribution in [0, 0.1) is 6.92 Å². The van der Waals surface area contributed by atoms with E-state index in [2.05, 4.69) is 20.1 Å². The number of carboxylic acids is 1. The van der Waals surface area contributed by atoms with Gasteiger partial charge in [-0.05, 0) is 19.1 Å². The molecule has 0 aliphatic rings. The Labute approximate surface area is 101 Å². The molecule has 7 nitrogen and oxygen atoms in total. The van der Waals surface area contributed by atoms with E-state index < -0.39 is 5.97 Å². The van der Waals surface area contributed by atoms with E-state index in [0.717, 1.165) is 0 Å². The van der Waals surface area contributed by atoms with Crippen molar-refractivity contribution in [2.75, 3.05) is 0 Å². The van der Waals surface area contributed by atoms with Crippen LogP contribution in [0.4, 0.5) is 0 Å². The number of aromatic nitrogens is 5. The molecule has 0 saturated heterocycles. The van der Waals surface area contributed by atoms with E-state index in [1.165, 1.54) is 4.52 Å². The fraction of sp³-hybridized carbons (Fsp3) is 0.0909.